The molecule has 0 atom stereocenters. The second-order valence-corrected chi connectivity index (χ2v) is 7.30. The van der Waals surface area contributed by atoms with E-state index in [0.29, 0.717) is 17.2 Å². The molecule has 1 aliphatic rings. The number of carbonyl (C=O) groups is 1. The topological polar surface area (TPSA) is 42.0 Å². The van der Waals surface area contributed by atoms with Crippen LogP contribution in [0.2, 0.25) is 5.02 Å². The minimum Gasteiger partial charge on any atom is -0.322 e. The number of nitrogens with one attached hydrogen (secondary N) is 1. The third-order valence-electron chi connectivity index (χ3n) is 4.07. The highest BCUT2D eigenvalue weighted by atomic mass is 35.5. The Morgan fingerprint density at radius 2 is 1.96 bits per heavy atom. The molecular formula is C19H14ClFN2OS. The van der Waals surface area contributed by atoms with E-state index in [1.165, 1.54) is 36.0 Å². The summed E-state index contributed by atoms with van der Waals surface area (Å²) in [6, 6.07) is 11.4. The van der Waals surface area contributed by atoms with Gasteiger partial charge >= 0.3 is 0 Å². The first-order valence-electron chi connectivity index (χ1n) is 7.92. The minimum absolute atomic E-state index is 0.0249. The van der Waals surface area contributed by atoms with Gasteiger partial charge in [-0.05, 0) is 43.2 Å². The van der Waals surface area contributed by atoms with E-state index in [0.717, 1.165) is 11.3 Å². The van der Waals surface area contributed by atoms with Gasteiger partial charge in [-0.15, -0.1) is 11.3 Å². The van der Waals surface area contributed by atoms with E-state index in [1.807, 2.05) is 12.1 Å². The first kappa shape index (κ1) is 16.2. The quantitative estimate of drug-likeness (QED) is 0.635. The number of carbonyl (C=O) groups excluding carboxylic acids is 1. The maximum absolute atomic E-state index is 13.2. The van der Waals surface area contributed by atoms with Gasteiger partial charge in [0.2, 0.25) is 0 Å². The van der Waals surface area contributed by atoms with Gasteiger partial charge in [-0.2, -0.15) is 0 Å². The van der Waals surface area contributed by atoms with Crippen molar-refractivity contribution in [3.8, 4) is 11.3 Å². The molecule has 1 aliphatic carbocycles. The number of hydrogen-bond donors (Lipinski definition) is 1. The predicted molar refractivity (Wildman–Crippen MR) is 98.9 cm³/mol. The van der Waals surface area contributed by atoms with Gasteiger partial charge in [-0.1, -0.05) is 23.7 Å². The van der Waals surface area contributed by atoms with Crippen molar-refractivity contribution in [2.24, 2.45) is 0 Å². The lowest BCUT2D eigenvalue weighted by atomic mass is 10.1. The summed E-state index contributed by atoms with van der Waals surface area (Å²) in [6.45, 7) is 0. The monoisotopic (exact) mass is 372 g/mol. The number of aromatic nitrogens is 1. The molecule has 25 heavy (non-hydrogen) atoms. The van der Waals surface area contributed by atoms with Gasteiger partial charge in [-0.25, -0.2) is 9.37 Å². The highest BCUT2D eigenvalue weighted by Crippen LogP contribution is 2.42. The van der Waals surface area contributed by atoms with Crippen LogP contribution >= 0.6 is 22.9 Å². The summed E-state index contributed by atoms with van der Waals surface area (Å²) in [6.07, 6.45) is 2.47. The molecule has 1 saturated carbocycles. The van der Waals surface area contributed by atoms with Crippen molar-refractivity contribution in [1.29, 1.82) is 0 Å². The SMILES string of the molecule is O=C(Nc1ccc(F)c(Cl)c1)c1ccc(-c2csc(C3CC3)n2)cc1. The largest absolute Gasteiger partial charge is 0.322 e. The number of amides is 1. The smallest absolute Gasteiger partial charge is 0.255 e. The maximum atomic E-state index is 13.2. The summed E-state index contributed by atoms with van der Waals surface area (Å²) in [5.41, 5.74) is 2.91. The van der Waals surface area contributed by atoms with Gasteiger partial charge in [-0.3, -0.25) is 4.79 Å². The molecule has 0 aliphatic heterocycles. The third kappa shape index (κ3) is 3.57. The number of benzene rings is 2. The molecule has 4 rings (SSSR count). The molecule has 6 heteroatoms. The number of thiazole rings is 1. The second kappa shape index (κ2) is 6.58. The Bertz CT molecular complexity index is 935. The number of nitrogens with zero attached hydrogens (tertiary/aromatic N) is 1. The number of anilines is 1. The van der Waals surface area contributed by atoms with E-state index >= 15 is 0 Å². The molecule has 1 fully saturated rings. The average molecular weight is 373 g/mol. The van der Waals surface area contributed by atoms with E-state index in [9.17, 15) is 9.18 Å². The van der Waals surface area contributed by atoms with Crippen LogP contribution < -0.4 is 5.32 Å². The highest BCUT2D eigenvalue weighted by Gasteiger charge is 2.26. The minimum atomic E-state index is -0.516. The van der Waals surface area contributed by atoms with Crippen molar-refractivity contribution in [2.75, 3.05) is 5.32 Å². The fraction of sp³-hybridized carbons (Fsp3) is 0.158. The molecule has 1 amide bonds. The maximum Gasteiger partial charge on any atom is 0.255 e. The number of hydrogen-bond acceptors (Lipinski definition) is 3. The molecule has 0 unspecified atom stereocenters. The van der Waals surface area contributed by atoms with Crippen LogP contribution in [-0.4, -0.2) is 10.9 Å². The number of halogens is 2. The second-order valence-electron chi connectivity index (χ2n) is 6.01. The van der Waals surface area contributed by atoms with E-state index < -0.39 is 5.82 Å². The molecule has 1 N–H and O–H groups in total. The normalized spacial score (nSPS) is 13.7. The Morgan fingerprint density at radius 1 is 1.20 bits per heavy atom. The zero-order chi connectivity index (χ0) is 17.4. The molecule has 0 bridgehead atoms. The van der Waals surface area contributed by atoms with Gasteiger partial charge in [0, 0.05) is 28.1 Å². The van der Waals surface area contributed by atoms with Gasteiger partial charge in [0.25, 0.3) is 5.91 Å². The zero-order valence-electron chi connectivity index (χ0n) is 13.1. The summed E-state index contributed by atoms with van der Waals surface area (Å²) in [5, 5.41) is 5.94. The van der Waals surface area contributed by atoms with Crippen LogP contribution in [0.5, 0.6) is 0 Å². The van der Waals surface area contributed by atoms with Gasteiger partial charge in [0.15, 0.2) is 0 Å². The summed E-state index contributed by atoms with van der Waals surface area (Å²) < 4.78 is 13.2. The molecule has 3 nitrogen and oxygen atoms in total. The van der Waals surface area contributed by atoms with Gasteiger partial charge in [0.05, 0.1) is 15.7 Å². The Labute approximate surface area is 153 Å². The van der Waals surface area contributed by atoms with Gasteiger partial charge < -0.3 is 5.32 Å². The molecule has 0 saturated heterocycles. The Kier molecular flexibility index (Phi) is 4.27. The van der Waals surface area contributed by atoms with Crippen molar-refractivity contribution in [2.45, 2.75) is 18.8 Å². The van der Waals surface area contributed by atoms with Crippen LogP contribution in [0.4, 0.5) is 10.1 Å². The fourth-order valence-electron chi connectivity index (χ4n) is 2.51. The lowest BCUT2D eigenvalue weighted by Crippen LogP contribution is -2.11. The number of rotatable bonds is 4. The zero-order valence-corrected chi connectivity index (χ0v) is 14.7. The first-order chi connectivity index (χ1) is 12.1. The fourth-order valence-corrected chi connectivity index (χ4v) is 3.69. The summed E-state index contributed by atoms with van der Waals surface area (Å²) >= 11 is 7.42. The molecule has 3 aromatic rings. The Morgan fingerprint density at radius 3 is 2.64 bits per heavy atom. The molecule has 0 spiro atoms. The van der Waals surface area contributed by atoms with Crippen LogP contribution in [0.25, 0.3) is 11.3 Å². The van der Waals surface area contributed by atoms with E-state index in [1.54, 1.807) is 23.5 Å². The van der Waals surface area contributed by atoms with E-state index in [2.05, 4.69) is 15.7 Å². The van der Waals surface area contributed by atoms with E-state index in [-0.39, 0.29) is 10.9 Å². The summed E-state index contributed by atoms with van der Waals surface area (Å²) in [4.78, 5) is 17.0. The lowest BCUT2D eigenvalue weighted by Gasteiger charge is -2.06. The molecule has 1 heterocycles. The third-order valence-corrected chi connectivity index (χ3v) is 5.37. The van der Waals surface area contributed by atoms with Crippen LogP contribution in [0.15, 0.2) is 47.8 Å². The van der Waals surface area contributed by atoms with Crippen LogP contribution in [0.1, 0.15) is 34.1 Å². The van der Waals surface area contributed by atoms with Gasteiger partial charge in [0.1, 0.15) is 5.82 Å². The molecule has 2 aromatic carbocycles. The molecular weight excluding hydrogens is 359 g/mol. The van der Waals surface area contributed by atoms with Crippen molar-refractivity contribution in [1.82, 2.24) is 4.98 Å². The first-order valence-corrected chi connectivity index (χ1v) is 9.18. The van der Waals surface area contributed by atoms with Crippen molar-refractivity contribution >= 4 is 34.5 Å². The molecule has 126 valence electrons. The Hall–Kier alpha value is -2.24. The summed E-state index contributed by atoms with van der Waals surface area (Å²) in [5.74, 6) is -0.143. The predicted octanol–water partition coefficient (Wildman–Crippen LogP) is 5.73. The van der Waals surface area contributed by atoms with Crippen molar-refractivity contribution < 1.29 is 9.18 Å². The van der Waals surface area contributed by atoms with Crippen LogP contribution in [0, 0.1) is 5.82 Å². The lowest BCUT2D eigenvalue weighted by molar-refractivity contribution is 0.102. The molecule has 0 radical (unpaired) electrons. The standard InChI is InChI=1S/C19H14ClFN2OS/c20-15-9-14(7-8-16(15)21)22-18(24)12-3-1-11(2-4-12)17-10-25-19(23-17)13-5-6-13/h1-4,7-10,13H,5-6H2,(H,22,24). The highest BCUT2D eigenvalue weighted by molar-refractivity contribution is 7.10. The van der Waals surface area contributed by atoms with E-state index in [4.69, 9.17) is 11.6 Å². The Balaban J connectivity index is 1.48. The molecule has 1 aromatic heterocycles. The summed E-state index contributed by atoms with van der Waals surface area (Å²) in [7, 11) is 0. The van der Waals surface area contributed by atoms with Crippen LogP contribution in [-0.2, 0) is 0 Å². The van der Waals surface area contributed by atoms with Crippen molar-refractivity contribution in [3.05, 3.63) is 69.3 Å². The van der Waals surface area contributed by atoms with Crippen molar-refractivity contribution in [3.63, 3.8) is 0 Å². The van der Waals surface area contributed by atoms with Crippen LogP contribution in [0.3, 0.4) is 0 Å². The average Bonchev–Trinajstić information content (AvgIpc) is 3.35.